The van der Waals surface area contributed by atoms with Gasteiger partial charge in [-0.25, -0.2) is 0 Å². The van der Waals surface area contributed by atoms with Gasteiger partial charge in [0, 0.05) is 25.7 Å². The summed E-state index contributed by atoms with van der Waals surface area (Å²) in [6, 6.07) is 0. The fourth-order valence-electron chi connectivity index (χ4n) is 0.563. The average Bonchev–Trinajstić information content (AvgIpc) is 2.38. The van der Waals surface area contributed by atoms with Crippen LogP contribution in [-0.4, -0.2) is 44.3 Å². The van der Waals surface area contributed by atoms with Gasteiger partial charge in [-0.2, -0.15) is 0 Å². The summed E-state index contributed by atoms with van der Waals surface area (Å²) in [5.41, 5.74) is 0. The normalized spacial score (nSPS) is 8.26. The quantitative estimate of drug-likeness (QED) is 0.577. The smallest absolute Gasteiger partial charge is 0.303 e. The number of aliphatic carboxylic acids is 4. The van der Waals surface area contributed by atoms with Crippen LogP contribution in [0.5, 0.6) is 0 Å². The van der Waals surface area contributed by atoms with Gasteiger partial charge in [-0.3, -0.25) is 19.2 Å². The van der Waals surface area contributed by atoms with Crippen molar-refractivity contribution in [3.05, 3.63) is 0 Å². The summed E-state index contributed by atoms with van der Waals surface area (Å²) in [5.74, 6) is -2.64. The van der Waals surface area contributed by atoms with Crippen molar-refractivity contribution < 1.29 is 39.6 Å². The van der Waals surface area contributed by atoms with Crippen LogP contribution in [0.3, 0.4) is 0 Å². The molecular formula is C15H30O8. The van der Waals surface area contributed by atoms with Crippen LogP contribution in [0.1, 0.15) is 66.7 Å². The molecule has 8 nitrogen and oxygen atoms in total. The number of rotatable bonds is 6. The summed E-state index contributed by atoms with van der Waals surface area (Å²) < 4.78 is 0. The van der Waals surface area contributed by atoms with Gasteiger partial charge in [0.25, 0.3) is 0 Å². The Kier molecular flexibility index (Phi) is 27.9. The molecule has 8 heteroatoms. The zero-order valence-electron chi connectivity index (χ0n) is 14.5. The predicted molar refractivity (Wildman–Crippen MR) is 85.5 cm³/mol. The summed E-state index contributed by atoms with van der Waals surface area (Å²) in [6.45, 7) is 8.81. The molecule has 0 atom stereocenters. The Morgan fingerprint density at radius 3 is 1.00 bits per heavy atom. The third kappa shape index (κ3) is 80.6. The van der Waals surface area contributed by atoms with Crippen molar-refractivity contribution in [2.75, 3.05) is 0 Å². The Morgan fingerprint density at radius 2 is 1.00 bits per heavy atom. The van der Waals surface area contributed by atoms with Crippen molar-refractivity contribution in [1.29, 1.82) is 0 Å². The van der Waals surface area contributed by atoms with E-state index in [9.17, 15) is 19.2 Å². The molecule has 0 spiro atoms. The van der Waals surface area contributed by atoms with Crippen LogP contribution in [0.4, 0.5) is 0 Å². The van der Waals surface area contributed by atoms with E-state index < -0.39 is 23.9 Å². The van der Waals surface area contributed by atoms with E-state index in [1.54, 1.807) is 13.8 Å². The SMILES string of the molecule is CC(C)CC(=O)O.CCC(=O)O.CCC(=O)O.CCCC(=O)O. The zero-order chi connectivity index (χ0) is 19.4. The molecule has 0 rings (SSSR count). The van der Waals surface area contributed by atoms with Gasteiger partial charge in [0.15, 0.2) is 0 Å². The predicted octanol–water partition coefficient (Wildman–Crippen LogP) is 2.95. The summed E-state index contributed by atoms with van der Waals surface area (Å²) in [6.07, 6.45) is 1.75. The number of hydrogen-bond acceptors (Lipinski definition) is 4. The monoisotopic (exact) mass is 338 g/mol. The first kappa shape index (κ1) is 29.0. The van der Waals surface area contributed by atoms with Crippen molar-refractivity contribution in [2.24, 2.45) is 5.92 Å². The minimum absolute atomic E-state index is 0.222. The molecule has 0 aliphatic rings. The lowest BCUT2D eigenvalue weighted by atomic mass is 10.1. The topological polar surface area (TPSA) is 149 Å². The van der Waals surface area contributed by atoms with Crippen LogP contribution in [0.2, 0.25) is 0 Å². The highest BCUT2D eigenvalue weighted by molar-refractivity contribution is 5.67. The Hall–Kier alpha value is -2.12. The highest BCUT2D eigenvalue weighted by Crippen LogP contribution is 1.96. The fourth-order valence-corrected chi connectivity index (χ4v) is 0.563. The minimum Gasteiger partial charge on any atom is -0.481 e. The van der Waals surface area contributed by atoms with E-state index in [1.807, 2.05) is 20.8 Å². The first-order valence-electron chi connectivity index (χ1n) is 7.31. The van der Waals surface area contributed by atoms with E-state index in [0.717, 1.165) is 6.42 Å². The maximum absolute atomic E-state index is 9.81. The molecule has 4 N–H and O–H groups in total. The second-order valence-electron chi connectivity index (χ2n) is 4.63. The van der Waals surface area contributed by atoms with Crippen molar-refractivity contribution >= 4 is 23.9 Å². The molecule has 138 valence electrons. The maximum Gasteiger partial charge on any atom is 0.303 e. The summed E-state index contributed by atoms with van der Waals surface area (Å²) in [7, 11) is 0. The number of carbonyl (C=O) groups is 4. The molecule has 0 aromatic carbocycles. The van der Waals surface area contributed by atoms with E-state index in [0.29, 0.717) is 6.42 Å². The molecule has 0 aromatic rings. The van der Waals surface area contributed by atoms with Gasteiger partial charge >= 0.3 is 23.9 Å². The second-order valence-corrected chi connectivity index (χ2v) is 4.63. The van der Waals surface area contributed by atoms with Crippen LogP contribution >= 0.6 is 0 Å². The molecule has 0 bridgehead atoms. The van der Waals surface area contributed by atoms with E-state index >= 15 is 0 Å². The van der Waals surface area contributed by atoms with Gasteiger partial charge in [-0.1, -0.05) is 34.6 Å². The van der Waals surface area contributed by atoms with E-state index in [-0.39, 0.29) is 25.2 Å². The first-order chi connectivity index (χ1) is 10.4. The van der Waals surface area contributed by atoms with Crippen molar-refractivity contribution in [3.8, 4) is 0 Å². The Morgan fingerprint density at radius 1 is 0.696 bits per heavy atom. The molecule has 0 radical (unpaired) electrons. The van der Waals surface area contributed by atoms with Gasteiger partial charge in [0.2, 0.25) is 0 Å². The van der Waals surface area contributed by atoms with Gasteiger partial charge in [0.1, 0.15) is 0 Å². The lowest BCUT2D eigenvalue weighted by molar-refractivity contribution is -0.138. The van der Waals surface area contributed by atoms with Gasteiger partial charge < -0.3 is 20.4 Å². The van der Waals surface area contributed by atoms with Crippen LogP contribution in [0.25, 0.3) is 0 Å². The van der Waals surface area contributed by atoms with Crippen LogP contribution < -0.4 is 0 Å². The number of carboxylic acids is 4. The molecule has 0 aliphatic carbocycles. The Labute approximate surface area is 137 Å². The zero-order valence-corrected chi connectivity index (χ0v) is 14.5. The maximum atomic E-state index is 9.81. The number of carboxylic acid groups (broad SMARTS) is 4. The Balaban J connectivity index is -0.000000106. The minimum atomic E-state index is -0.745. The molecular weight excluding hydrogens is 308 g/mol. The molecule has 0 amide bonds. The average molecular weight is 338 g/mol. The van der Waals surface area contributed by atoms with E-state index in [1.165, 1.54) is 0 Å². The molecule has 0 saturated carbocycles. The second kappa shape index (κ2) is 22.2. The van der Waals surface area contributed by atoms with Crippen molar-refractivity contribution in [2.45, 2.75) is 66.7 Å². The van der Waals surface area contributed by atoms with Crippen LogP contribution in [-0.2, 0) is 19.2 Å². The molecule has 0 aromatic heterocycles. The van der Waals surface area contributed by atoms with Gasteiger partial charge in [0.05, 0.1) is 0 Å². The largest absolute Gasteiger partial charge is 0.481 e. The first-order valence-corrected chi connectivity index (χ1v) is 7.31. The molecule has 0 aliphatic heterocycles. The third-order valence-electron chi connectivity index (χ3n) is 1.65. The van der Waals surface area contributed by atoms with E-state index in [4.69, 9.17) is 20.4 Å². The van der Waals surface area contributed by atoms with E-state index in [2.05, 4.69) is 0 Å². The fraction of sp³-hybridized carbons (Fsp3) is 0.733. The molecule has 0 saturated heterocycles. The van der Waals surface area contributed by atoms with Crippen LogP contribution in [0, 0.1) is 5.92 Å². The number of hydrogen-bond donors (Lipinski definition) is 4. The molecule has 0 heterocycles. The molecule has 0 fully saturated rings. The lowest BCUT2D eigenvalue weighted by Crippen LogP contribution is -1.99. The third-order valence-corrected chi connectivity index (χ3v) is 1.65. The van der Waals surface area contributed by atoms with Crippen molar-refractivity contribution in [3.63, 3.8) is 0 Å². The lowest BCUT2D eigenvalue weighted by Gasteiger charge is -1.94. The highest BCUT2D eigenvalue weighted by Gasteiger charge is 1.98. The standard InChI is InChI=1S/C5H10O2.C4H8O2.2C3H6O2/c1-4(2)3-5(6)7;1-2-3-4(5)6;2*1-2-3(4)5/h4H,3H2,1-2H3,(H,6,7);2-3H2,1H3,(H,5,6);2*2H2,1H3,(H,4,5). The molecule has 0 unspecified atom stereocenters. The summed E-state index contributed by atoms with van der Waals surface area (Å²) in [5, 5.41) is 31.4. The highest BCUT2D eigenvalue weighted by atomic mass is 16.4. The summed E-state index contributed by atoms with van der Waals surface area (Å²) in [4.78, 5) is 38.1. The van der Waals surface area contributed by atoms with Gasteiger partial charge in [-0.05, 0) is 12.3 Å². The summed E-state index contributed by atoms with van der Waals surface area (Å²) >= 11 is 0. The Bertz CT molecular complexity index is 309. The van der Waals surface area contributed by atoms with Gasteiger partial charge in [-0.15, -0.1) is 0 Å². The van der Waals surface area contributed by atoms with Crippen LogP contribution in [0.15, 0.2) is 0 Å². The molecule has 23 heavy (non-hydrogen) atoms. The van der Waals surface area contributed by atoms with Crippen molar-refractivity contribution in [1.82, 2.24) is 0 Å².